The number of aromatic nitrogens is 5. The summed E-state index contributed by atoms with van der Waals surface area (Å²) in [6.45, 7) is 0. The summed E-state index contributed by atoms with van der Waals surface area (Å²) in [7, 11) is 0. The van der Waals surface area contributed by atoms with Crippen molar-refractivity contribution >= 4 is 71.8 Å². The molecule has 0 aliphatic rings. The molecule has 8 aromatic carbocycles. The zero-order valence-corrected chi connectivity index (χ0v) is 28.7. The molecule has 8 nitrogen and oxygen atoms in total. The lowest BCUT2D eigenvalue weighted by Crippen LogP contribution is -2.09. The minimum atomic E-state index is 0.592. The van der Waals surface area contributed by atoms with Gasteiger partial charge in [-0.1, -0.05) is 60.7 Å². The zero-order valence-electron chi connectivity index (χ0n) is 28.7. The summed E-state index contributed by atoms with van der Waals surface area (Å²) in [6, 6.07) is 57.6. The average molecular weight is 697 g/mol. The fraction of sp³-hybridized carbons (Fsp3) is 0. The Kier molecular flexibility index (Phi) is 6.69. The van der Waals surface area contributed by atoms with E-state index in [1.807, 2.05) is 72.8 Å². The topological polar surface area (TPSA) is 86.0 Å². The van der Waals surface area contributed by atoms with Crippen LogP contribution in [0.25, 0.3) is 83.4 Å². The minimum absolute atomic E-state index is 0.592. The molecule has 0 radical (unpaired) electrons. The quantitative estimate of drug-likeness (QED) is 0.160. The van der Waals surface area contributed by atoms with Gasteiger partial charge in [0, 0.05) is 28.2 Å². The molecule has 8 heteroatoms. The molecule has 0 unspecified atom stereocenters. The number of oxazole rings is 2. The fourth-order valence-electron chi connectivity index (χ4n) is 7.23. The van der Waals surface area contributed by atoms with E-state index in [-0.39, 0.29) is 0 Å². The molecule has 0 bridgehead atoms. The molecular formula is C46H28N6O2. The van der Waals surface area contributed by atoms with Crippen molar-refractivity contribution in [3.05, 3.63) is 170 Å². The van der Waals surface area contributed by atoms with E-state index in [1.54, 1.807) is 4.80 Å². The maximum absolute atomic E-state index is 6.08. The van der Waals surface area contributed by atoms with Gasteiger partial charge in [-0.05, 0) is 131 Å². The lowest BCUT2D eigenvalue weighted by Gasteiger charge is -2.26. The van der Waals surface area contributed by atoms with Gasteiger partial charge in [-0.3, -0.25) is 0 Å². The highest BCUT2D eigenvalue weighted by Crippen LogP contribution is 2.39. The largest absolute Gasteiger partial charge is 0.436 e. The van der Waals surface area contributed by atoms with Gasteiger partial charge in [-0.2, -0.15) is 4.80 Å². The van der Waals surface area contributed by atoms with Gasteiger partial charge in [0.15, 0.2) is 11.2 Å². The molecule has 0 spiro atoms. The van der Waals surface area contributed by atoms with Gasteiger partial charge < -0.3 is 13.7 Å². The van der Waals surface area contributed by atoms with Crippen LogP contribution in [0, 0.1) is 0 Å². The number of anilines is 3. The van der Waals surface area contributed by atoms with Crippen molar-refractivity contribution in [3.63, 3.8) is 0 Å². The monoisotopic (exact) mass is 696 g/mol. The first-order valence-electron chi connectivity index (χ1n) is 17.7. The van der Waals surface area contributed by atoms with E-state index in [9.17, 15) is 0 Å². The van der Waals surface area contributed by atoms with Crippen LogP contribution < -0.4 is 4.90 Å². The molecule has 54 heavy (non-hydrogen) atoms. The molecule has 0 N–H and O–H groups in total. The van der Waals surface area contributed by atoms with Gasteiger partial charge in [0.05, 0.1) is 5.69 Å². The Morgan fingerprint density at radius 3 is 1.41 bits per heavy atom. The molecule has 11 rings (SSSR count). The highest BCUT2D eigenvalue weighted by molar-refractivity contribution is 6.09. The second-order valence-electron chi connectivity index (χ2n) is 13.3. The van der Waals surface area contributed by atoms with E-state index in [4.69, 9.17) is 18.8 Å². The van der Waals surface area contributed by atoms with Gasteiger partial charge >= 0.3 is 0 Å². The third kappa shape index (κ3) is 5.08. The van der Waals surface area contributed by atoms with Crippen LogP contribution >= 0.6 is 0 Å². The first-order chi connectivity index (χ1) is 26.7. The highest BCUT2D eigenvalue weighted by atomic mass is 16.4. The summed E-state index contributed by atoms with van der Waals surface area (Å²) >= 11 is 0. The van der Waals surface area contributed by atoms with Crippen molar-refractivity contribution < 1.29 is 8.83 Å². The normalized spacial score (nSPS) is 11.7. The lowest BCUT2D eigenvalue weighted by molar-refractivity contribution is 0.619. The summed E-state index contributed by atoms with van der Waals surface area (Å²) in [4.78, 5) is 13.4. The number of rotatable bonds is 6. The van der Waals surface area contributed by atoms with Crippen LogP contribution in [0.2, 0.25) is 0 Å². The summed E-state index contributed by atoms with van der Waals surface area (Å²) < 4.78 is 12.2. The molecule has 0 aliphatic carbocycles. The molecule has 3 heterocycles. The zero-order chi connectivity index (χ0) is 35.6. The van der Waals surface area contributed by atoms with Crippen LogP contribution in [0.5, 0.6) is 0 Å². The maximum atomic E-state index is 6.08. The van der Waals surface area contributed by atoms with Crippen molar-refractivity contribution in [2.24, 2.45) is 0 Å². The van der Waals surface area contributed by atoms with Crippen molar-refractivity contribution in [3.8, 4) is 28.6 Å². The van der Waals surface area contributed by atoms with Crippen LogP contribution in [0.1, 0.15) is 0 Å². The molecule has 0 fully saturated rings. The molecule has 3 aromatic heterocycles. The van der Waals surface area contributed by atoms with Gasteiger partial charge in [0.25, 0.3) is 0 Å². The standard InChI is InChI=1S/C46H28N6O2/c1-2-8-40-39(7-1)49-52(50-40)36-24-26-38-32(28-36)14-13-31-27-35(23-25-37(31)38)51(33-19-15-29(16-20-33)45-47-41-9-3-5-11-43(41)53-45)34-21-17-30(18-22-34)46-48-42-10-4-6-12-44(42)54-46/h1-28H. The first kappa shape index (κ1) is 30.1. The Morgan fingerprint density at radius 2 is 0.870 bits per heavy atom. The van der Waals surface area contributed by atoms with Gasteiger partial charge in [-0.25, -0.2) is 9.97 Å². The third-order valence-corrected chi connectivity index (χ3v) is 9.91. The Balaban J connectivity index is 0.988. The van der Waals surface area contributed by atoms with Gasteiger partial charge in [-0.15, -0.1) is 10.2 Å². The summed E-state index contributed by atoms with van der Waals surface area (Å²) in [5.74, 6) is 1.18. The molecule has 0 saturated carbocycles. The Labute approximate surface area is 308 Å². The maximum Gasteiger partial charge on any atom is 0.227 e. The molecule has 0 saturated heterocycles. The SMILES string of the molecule is c1ccc2nn(-c3ccc4c(ccc5cc(N(c6ccc(-c7nc8ccccc8o7)cc6)c6ccc(-c7nc8ccccc8o7)cc6)ccc54)c3)nc2c1. The van der Waals surface area contributed by atoms with Crippen LogP contribution in [0.15, 0.2) is 179 Å². The van der Waals surface area contributed by atoms with Crippen LogP contribution in [0.4, 0.5) is 17.1 Å². The fourth-order valence-corrected chi connectivity index (χ4v) is 7.23. The molecule has 11 aromatic rings. The number of nitrogens with zero attached hydrogens (tertiary/aromatic N) is 6. The Bertz CT molecular complexity index is 2960. The average Bonchev–Trinajstić information content (AvgIpc) is 3.98. The van der Waals surface area contributed by atoms with E-state index in [2.05, 4.69) is 112 Å². The van der Waals surface area contributed by atoms with E-state index in [0.717, 1.165) is 83.3 Å². The summed E-state index contributed by atoms with van der Waals surface area (Å²) in [6.07, 6.45) is 0. The van der Waals surface area contributed by atoms with E-state index < -0.39 is 0 Å². The minimum Gasteiger partial charge on any atom is -0.436 e. The van der Waals surface area contributed by atoms with Crippen molar-refractivity contribution in [2.75, 3.05) is 4.90 Å². The third-order valence-electron chi connectivity index (χ3n) is 9.91. The van der Waals surface area contributed by atoms with Gasteiger partial charge in [0.2, 0.25) is 11.8 Å². The molecule has 0 amide bonds. The van der Waals surface area contributed by atoms with Crippen molar-refractivity contribution in [1.82, 2.24) is 25.0 Å². The number of benzene rings is 8. The Hall–Kier alpha value is -7.58. The number of fused-ring (bicyclic) bond motifs is 6. The predicted molar refractivity (Wildman–Crippen MR) is 215 cm³/mol. The summed E-state index contributed by atoms with van der Waals surface area (Å²) in [5.41, 5.74) is 10.7. The van der Waals surface area contributed by atoms with E-state index in [0.29, 0.717) is 11.8 Å². The summed E-state index contributed by atoms with van der Waals surface area (Å²) in [5, 5.41) is 14.0. The van der Waals surface area contributed by atoms with Crippen LogP contribution in [-0.2, 0) is 0 Å². The second kappa shape index (κ2) is 12.0. The molecule has 0 atom stereocenters. The molecule has 0 aliphatic heterocycles. The van der Waals surface area contributed by atoms with Crippen LogP contribution in [0.3, 0.4) is 0 Å². The Morgan fingerprint density at radius 1 is 0.407 bits per heavy atom. The molecule has 254 valence electrons. The number of para-hydroxylation sites is 4. The van der Waals surface area contributed by atoms with Crippen molar-refractivity contribution in [1.29, 1.82) is 0 Å². The smallest absolute Gasteiger partial charge is 0.227 e. The van der Waals surface area contributed by atoms with Crippen molar-refractivity contribution in [2.45, 2.75) is 0 Å². The highest BCUT2D eigenvalue weighted by Gasteiger charge is 2.17. The van der Waals surface area contributed by atoms with E-state index >= 15 is 0 Å². The van der Waals surface area contributed by atoms with Gasteiger partial charge in [0.1, 0.15) is 22.1 Å². The number of hydrogen-bond acceptors (Lipinski definition) is 7. The lowest BCUT2D eigenvalue weighted by atomic mass is 10.0. The van der Waals surface area contributed by atoms with Crippen LogP contribution in [-0.4, -0.2) is 25.0 Å². The number of hydrogen-bond donors (Lipinski definition) is 0. The van der Waals surface area contributed by atoms with E-state index in [1.165, 1.54) is 5.39 Å². The predicted octanol–water partition coefficient (Wildman–Crippen LogP) is 11.8. The first-order valence-corrected chi connectivity index (χ1v) is 17.7. The second-order valence-corrected chi connectivity index (χ2v) is 13.3. The molecular weight excluding hydrogens is 669 g/mol.